The summed E-state index contributed by atoms with van der Waals surface area (Å²) in [6.07, 6.45) is 4.41. The highest BCUT2D eigenvalue weighted by atomic mass is 16.5. The lowest BCUT2D eigenvalue weighted by Gasteiger charge is -2.44. The standard InChI is InChI=1S/C10H16O2/c1-6-8-4-5-9(12-8)7(2)10(6,3)11/h4-9,11H,1-3H3/t6-,7+,8?,9?,10?. The molecule has 0 aromatic carbocycles. The first-order valence-electron chi connectivity index (χ1n) is 4.59. The minimum absolute atomic E-state index is 0.126. The zero-order valence-corrected chi connectivity index (χ0v) is 7.82. The smallest absolute Gasteiger partial charge is 0.0817 e. The molecule has 2 rings (SSSR count). The number of aliphatic hydroxyl groups is 1. The van der Waals surface area contributed by atoms with E-state index in [1.807, 2.05) is 20.8 Å². The van der Waals surface area contributed by atoms with E-state index in [2.05, 4.69) is 12.2 Å². The summed E-state index contributed by atoms with van der Waals surface area (Å²) >= 11 is 0. The van der Waals surface area contributed by atoms with Gasteiger partial charge in [-0.15, -0.1) is 0 Å². The van der Waals surface area contributed by atoms with Crippen LogP contribution in [0.15, 0.2) is 12.2 Å². The van der Waals surface area contributed by atoms with E-state index in [1.165, 1.54) is 0 Å². The average molecular weight is 168 g/mol. The van der Waals surface area contributed by atoms with Gasteiger partial charge in [-0.2, -0.15) is 0 Å². The van der Waals surface area contributed by atoms with Gasteiger partial charge in [0.15, 0.2) is 0 Å². The van der Waals surface area contributed by atoms with Crippen molar-refractivity contribution in [2.45, 2.75) is 38.6 Å². The maximum Gasteiger partial charge on any atom is 0.0817 e. The third kappa shape index (κ3) is 0.882. The van der Waals surface area contributed by atoms with Gasteiger partial charge in [-0.3, -0.25) is 0 Å². The van der Waals surface area contributed by atoms with Crippen molar-refractivity contribution in [2.75, 3.05) is 0 Å². The molecule has 1 fully saturated rings. The fourth-order valence-corrected chi connectivity index (χ4v) is 2.14. The molecule has 2 bridgehead atoms. The molecule has 0 aromatic rings. The minimum Gasteiger partial charge on any atom is -0.389 e. The third-order valence-electron chi connectivity index (χ3n) is 3.63. The number of fused-ring (bicyclic) bond motifs is 2. The highest BCUT2D eigenvalue weighted by molar-refractivity contribution is 5.14. The van der Waals surface area contributed by atoms with Crippen molar-refractivity contribution in [3.05, 3.63) is 12.2 Å². The molecule has 2 aliphatic heterocycles. The largest absolute Gasteiger partial charge is 0.389 e. The van der Waals surface area contributed by atoms with Crippen LogP contribution in [0.25, 0.3) is 0 Å². The Bertz CT molecular complexity index is 200. The van der Waals surface area contributed by atoms with Crippen LogP contribution in [-0.2, 0) is 4.74 Å². The Labute approximate surface area is 73.2 Å². The molecule has 2 aliphatic rings. The predicted molar refractivity (Wildman–Crippen MR) is 46.8 cm³/mol. The Morgan fingerprint density at radius 1 is 1.17 bits per heavy atom. The molecule has 0 amide bonds. The first-order chi connectivity index (χ1) is 5.53. The second kappa shape index (κ2) is 2.33. The van der Waals surface area contributed by atoms with Gasteiger partial charge < -0.3 is 9.84 Å². The van der Waals surface area contributed by atoms with Crippen molar-refractivity contribution in [3.63, 3.8) is 0 Å². The van der Waals surface area contributed by atoms with Gasteiger partial charge in [0, 0.05) is 11.8 Å². The van der Waals surface area contributed by atoms with Crippen molar-refractivity contribution in [1.29, 1.82) is 0 Å². The van der Waals surface area contributed by atoms with Gasteiger partial charge in [0.05, 0.1) is 17.8 Å². The second-order valence-electron chi connectivity index (χ2n) is 4.25. The van der Waals surface area contributed by atoms with Crippen molar-refractivity contribution < 1.29 is 9.84 Å². The van der Waals surface area contributed by atoms with Crippen LogP contribution in [0.2, 0.25) is 0 Å². The molecule has 2 nitrogen and oxygen atoms in total. The molecule has 1 N–H and O–H groups in total. The van der Waals surface area contributed by atoms with Crippen LogP contribution < -0.4 is 0 Å². The Balaban J connectivity index is 2.31. The first-order valence-corrected chi connectivity index (χ1v) is 4.59. The summed E-state index contributed by atoms with van der Waals surface area (Å²) in [6, 6.07) is 0. The van der Waals surface area contributed by atoms with Gasteiger partial charge in [0.1, 0.15) is 0 Å². The highest BCUT2D eigenvalue weighted by Crippen LogP contribution is 2.42. The van der Waals surface area contributed by atoms with Gasteiger partial charge in [0.2, 0.25) is 0 Å². The van der Waals surface area contributed by atoms with Crippen LogP contribution in [0.1, 0.15) is 20.8 Å². The van der Waals surface area contributed by atoms with Gasteiger partial charge in [-0.05, 0) is 6.92 Å². The Morgan fingerprint density at radius 2 is 1.58 bits per heavy atom. The highest BCUT2D eigenvalue weighted by Gasteiger charge is 2.49. The minimum atomic E-state index is -0.586. The van der Waals surface area contributed by atoms with E-state index in [4.69, 9.17) is 4.74 Å². The van der Waals surface area contributed by atoms with Crippen LogP contribution in [0.5, 0.6) is 0 Å². The van der Waals surface area contributed by atoms with Gasteiger partial charge >= 0.3 is 0 Å². The number of hydrogen-bond donors (Lipinski definition) is 1. The topological polar surface area (TPSA) is 29.5 Å². The lowest BCUT2D eigenvalue weighted by Crippen LogP contribution is -2.53. The molecule has 0 aromatic heterocycles. The SMILES string of the molecule is C[C@@H]1C2C=CC(O2)[C@H](C)C1(C)O. The van der Waals surface area contributed by atoms with Crippen LogP contribution in [0.3, 0.4) is 0 Å². The summed E-state index contributed by atoms with van der Waals surface area (Å²) in [5.41, 5.74) is -0.586. The molecule has 0 saturated carbocycles. The number of ether oxygens (including phenoxy) is 1. The molecule has 2 heterocycles. The zero-order chi connectivity index (χ0) is 8.93. The maximum absolute atomic E-state index is 10.2. The van der Waals surface area contributed by atoms with Crippen LogP contribution in [-0.4, -0.2) is 22.9 Å². The maximum atomic E-state index is 10.2. The van der Waals surface area contributed by atoms with E-state index in [-0.39, 0.29) is 24.0 Å². The Morgan fingerprint density at radius 3 is 2.00 bits per heavy atom. The molecule has 2 heteroatoms. The van der Waals surface area contributed by atoms with Crippen molar-refractivity contribution in [2.24, 2.45) is 11.8 Å². The molecule has 0 aliphatic carbocycles. The van der Waals surface area contributed by atoms with Gasteiger partial charge in [0.25, 0.3) is 0 Å². The lowest BCUT2D eigenvalue weighted by molar-refractivity contribution is -0.171. The number of hydrogen-bond acceptors (Lipinski definition) is 2. The normalized spacial score (nSPS) is 57.7. The molecule has 12 heavy (non-hydrogen) atoms. The van der Waals surface area contributed by atoms with Gasteiger partial charge in [-0.25, -0.2) is 0 Å². The van der Waals surface area contributed by atoms with E-state index in [0.717, 1.165) is 0 Å². The quantitative estimate of drug-likeness (QED) is 0.553. The zero-order valence-electron chi connectivity index (χ0n) is 7.82. The summed E-state index contributed by atoms with van der Waals surface area (Å²) in [5, 5.41) is 10.2. The summed E-state index contributed by atoms with van der Waals surface area (Å²) in [6.45, 7) is 6.01. The molecule has 68 valence electrons. The second-order valence-corrected chi connectivity index (χ2v) is 4.25. The van der Waals surface area contributed by atoms with Crippen molar-refractivity contribution in [3.8, 4) is 0 Å². The summed E-state index contributed by atoms with van der Waals surface area (Å²) in [5.74, 6) is 0.394. The summed E-state index contributed by atoms with van der Waals surface area (Å²) < 4.78 is 5.69. The fraction of sp³-hybridized carbons (Fsp3) is 0.800. The van der Waals surface area contributed by atoms with Crippen molar-refractivity contribution >= 4 is 0 Å². The molecular formula is C10H16O2. The molecule has 0 spiro atoms. The lowest BCUT2D eigenvalue weighted by atomic mass is 9.75. The van der Waals surface area contributed by atoms with E-state index in [0.29, 0.717) is 0 Å². The van der Waals surface area contributed by atoms with Gasteiger partial charge in [-0.1, -0.05) is 26.0 Å². The van der Waals surface area contributed by atoms with Crippen LogP contribution in [0.4, 0.5) is 0 Å². The summed E-state index contributed by atoms with van der Waals surface area (Å²) in [4.78, 5) is 0. The van der Waals surface area contributed by atoms with E-state index >= 15 is 0 Å². The predicted octanol–water partition coefficient (Wildman–Crippen LogP) is 1.35. The molecule has 0 radical (unpaired) electrons. The number of rotatable bonds is 0. The van der Waals surface area contributed by atoms with Crippen LogP contribution >= 0.6 is 0 Å². The first kappa shape index (κ1) is 8.27. The monoisotopic (exact) mass is 168 g/mol. The van der Waals surface area contributed by atoms with Crippen LogP contribution in [0, 0.1) is 11.8 Å². The molecule has 1 saturated heterocycles. The molecule has 5 atom stereocenters. The fourth-order valence-electron chi connectivity index (χ4n) is 2.14. The third-order valence-corrected chi connectivity index (χ3v) is 3.63. The molecule has 3 unspecified atom stereocenters. The van der Waals surface area contributed by atoms with E-state index in [9.17, 15) is 5.11 Å². The summed E-state index contributed by atoms with van der Waals surface area (Å²) in [7, 11) is 0. The molecular weight excluding hydrogens is 152 g/mol. The average Bonchev–Trinajstić information content (AvgIpc) is 2.45. The van der Waals surface area contributed by atoms with Crippen molar-refractivity contribution in [1.82, 2.24) is 0 Å². The Kier molecular flexibility index (Phi) is 1.61. The van der Waals surface area contributed by atoms with E-state index in [1.54, 1.807) is 0 Å². The van der Waals surface area contributed by atoms with E-state index < -0.39 is 5.60 Å². The Hall–Kier alpha value is -0.340.